The van der Waals surface area contributed by atoms with Gasteiger partial charge in [0.2, 0.25) is 0 Å². The van der Waals surface area contributed by atoms with Crippen LogP contribution in [0, 0.1) is 6.92 Å². The summed E-state index contributed by atoms with van der Waals surface area (Å²) in [5, 5.41) is 0. The van der Waals surface area contributed by atoms with Crippen LogP contribution in [0.5, 0.6) is 5.75 Å². The number of aryl methyl sites for hydroxylation is 1. The standard InChI is InChI=1S/C12H16O4S/c1-9-4-5-12(16-2)10(8-9)11(13)6-7-17(3,14)15/h4-5,8H,6-7H2,1-3H3. The van der Waals surface area contributed by atoms with Crippen molar-refractivity contribution in [2.45, 2.75) is 13.3 Å². The normalized spacial score (nSPS) is 11.2. The second kappa shape index (κ2) is 5.31. The second-order valence-electron chi connectivity index (χ2n) is 4.01. The molecular formula is C12H16O4S. The van der Waals surface area contributed by atoms with Gasteiger partial charge in [-0.25, -0.2) is 8.42 Å². The van der Waals surface area contributed by atoms with E-state index in [0.717, 1.165) is 11.8 Å². The van der Waals surface area contributed by atoms with Crippen molar-refractivity contribution < 1.29 is 17.9 Å². The number of methoxy groups -OCH3 is 1. The first kappa shape index (κ1) is 13.7. The van der Waals surface area contributed by atoms with Gasteiger partial charge in [-0.2, -0.15) is 0 Å². The van der Waals surface area contributed by atoms with Crippen molar-refractivity contribution in [3.05, 3.63) is 29.3 Å². The maximum absolute atomic E-state index is 11.9. The molecule has 0 spiro atoms. The van der Waals surface area contributed by atoms with Gasteiger partial charge < -0.3 is 4.74 Å². The summed E-state index contributed by atoms with van der Waals surface area (Å²) in [5.41, 5.74) is 1.38. The molecule has 0 aromatic heterocycles. The Labute approximate surface area is 102 Å². The summed E-state index contributed by atoms with van der Waals surface area (Å²) in [6, 6.07) is 5.26. The molecule has 0 aliphatic heterocycles. The van der Waals surface area contributed by atoms with Crippen molar-refractivity contribution in [2.24, 2.45) is 0 Å². The van der Waals surface area contributed by atoms with Crippen LogP contribution in [-0.2, 0) is 9.84 Å². The Morgan fingerprint density at radius 3 is 2.53 bits per heavy atom. The first-order valence-electron chi connectivity index (χ1n) is 5.19. The minimum atomic E-state index is -3.12. The van der Waals surface area contributed by atoms with Crippen molar-refractivity contribution in [3.63, 3.8) is 0 Å². The first-order chi connectivity index (χ1) is 7.83. The summed E-state index contributed by atoms with van der Waals surface area (Å²) in [5.74, 6) is 0.133. The molecule has 1 rings (SSSR count). The lowest BCUT2D eigenvalue weighted by molar-refractivity contribution is 0.0986. The molecule has 0 bridgehead atoms. The molecule has 5 heteroatoms. The van der Waals surface area contributed by atoms with E-state index < -0.39 is 9.84 Å². The fourth-order valence-corrected chi connectivity index (χ4v) is 2.01. The van der Waals surface area contributed by atoms with Gasteiger partial charge in [-0.05, 0) is 19.1 Å². The summed E-state index contributed by atoms with van der Waals surface area (Å²) in [4.78, 5) is 11.9. The molecule has 0 aliphatic rings. The van der Waals surface area contributed by atoms with Gasteiger partial charge in [0.15, 0.2) is 5.78 Å². The molecule has 17 heavy (non-hydrogen) atoms. The van der Waals surface area contributed by atoms with Crippen molar-refractivity contribution in [1.82, 2.24) is 0 Å². The van der Waals surface area contributed by atoms with Crippen molar-refractivity contribution in [1.29, 1.82) is 0 Å². The van der Waals surface area contributed by atoms with Crippen LogP contribution in [-0.4, -0.2) is 33.3 Å². The van der Waals surface area contributed by atoms with E-state index in [1.807, 2.05) is 13.0 Å². The quantitative estimate of drug-likeness (QED) is 0.751. The number of hydrogen-bond acceptors (Lipinski definition) is 4. The molecule has 0 radical (unpaired) electrons. The van der Waals surface area contributed by atoms with Gasteiger partial charge in [0.1, 0.15) is 15.6 Å². The fourth-order valence-electron chi connectivity index (χ4n) is 1.45. The van der Waals surface area contributed by atoms with E-state index in [0.29, 0.717) is 11.3 Å². The number of carbonyl (C=O) groups is 1. The number of hydrogen-bond donors (Lipinski definition) is 0. The highest BCUT2D eigenvalue weighted by molar-refractivity contribution is 7.90. The molecule has 0 fully saturated rings. The zero-order valence-electron chi connectivity index (χ0n) is 10.2. The largest absolute Gasteiger partial charge is 0.496 e. The van der Waals surface area contributed by atoms with Crippen LogP contribution in [0.3, 0.4) is 0 Å². The van der Waals surface area contributed by atoms with Gasteiger partial charge in [-0.15, -0.1) is 0 Å². The Hall–Kier alpha value is -1.36. The topological polar surface area (TPSA) is 60.4 Å². The third-order valence-electron chi connectivity index (χ3n) is 2.36. The summed E-state index contributed by atoms with van der Waals surface area (Å²) in [6.45, 7) is 1.87. The van der Waals surface area contributed by atoms with Crippen LogP contribution < -0.4 is 4.74 Å². The van der Waals surface area contributed by atoms with Crippen LogP contribution >= 0.6 is 0 Å². The van der Waals surface area contributed by atoms with Gasteiger partial charge in [-0.1, -0.05) is 11.6 Å². The van der Waals surface area contributed by atoms with E-state index in [1.54, 1.807) is 12.1 Å². The minimum Gasteiger partial charge on any atom is -0.496 e. The molecule has 0 unspecified atom stereocenters. The highest BCUT2D eigenvalue weighted by atomic mass is 32.2. The number of carbonyl (C=O) groups excluding carboxylic acids is 1. The molecule has 0 heterocycles. The Balaban J connectivity index is 2.92. The highest BCUT2D eigenvalue weighted by Crippen LogP contribution is 2.21. The van der Waals surface area contributed by atoms with Crippen molar-refractivity contribution >= 4 is 15.6 Å². The van der Waals surface area contributed by atoms with Crippen molar-refractivity contribution in [2.75, 3.05) is 19.1 Å². The lowest BCUT2D eigenvalue weighted by Crippen LogP contribution is -2.10. The second-order valence-corrected chi connectivity index (χ2v) is 6.27. The monoisotopic (exact) mass is 256 g/mol. The molecular weight excluding hydrogens is 240 g/mol. The summed E-state index contributed by atoms with van der Waals surface area (Å²) in [6.07, 6.45) is 1.10. The first-order valence-corrected chi connectivity index (χ1v) is 7.25. The van der Waals surface area contributed by atoms with Gasteiger partial charge in [0.05, 0.1) is 18.4 Å². The van der Waals surface area contributed by atoms with E-state index in [1.165, 1.54) is 7.11 Å². The van der Waals surface area contributed by atoms with Crippen LogP contribution in [0.1, 0.15) is 22.3 Å². The predicted octanol–water partition coefficient (Wildman–Crippen LogP) is 1.62. The smallest absolute Gasteiger partial charge is 0.167 e. The third-order valence-corrected chi connectivity index (χ3v) is 3.30. The molecule has 94 valence electrons. The Morgan fingerprint density at radius 2 is 2.00 bits per heavy atom. The maximum atomic E-state index is 11.9. The zero-order valence-corrected chi connectivity index (χ0v) is 11.0. The molecule has 0 amide bonds. The number of sulfone groups is 1. The molecule has 1 aromatic rings. The summed E-state index contributed by atoms with van der Waals surface area (Å²) >= 11 is 0. The molecule has 0 aliphatic carbocycles. The maximum Gasteiger partial charge on any atom is 0.167 e. The van der Waals surface area contributed by atoms with Gasteiger partial charge >= 0.3 is 0 Å². The van der Waals surface area contributed by atoms with E-state index in [4.69, 9.17) is 4.74 Å². The Morgan fingerprint density at radius 1 is 1.35 bits per heavy atom. The number of benzene rings is 1. The van der Waals surface area contributed by atoms with Gasteiger partial charge in [0.25, 0.3) is 0 Å². The number of ether oxygens (including phenoxy) is 1. The molecule has 0 N–H and O–H groups in total. The fraction of sp³-hybridized carbons (Fsp3) is 0.417. The van der Waals surface area contributed by atoms with Crippen LogP contribution in [0.25, 0.3) is 0 Å². The number of ketones is 1. The lowest BCUT2D eigenvalue weighted by atomic mass is 10.1. The molecule has 0 atom stereocenters. The van der Waals surface area contributed by atoms with Crippen LogP contribution in [0.4, 0.5) is 0 Å². The van der Waals surface area contributed by atoms with Crippen molar-refractivity contribution in [3.8, 4) is 5.75 Å². The van der Waals surface area contributed by atoms with Gasteiger partial charge in [-0.3, -0.25) is 4.79 Å². The molecule has 1 aromatic carbocycles. The average Bonchev–Trinajstić information content (AvgIpc) is 2.25. The highest BCUT2D eigenvalue weighted by Gasteiger charge is 2.14. The van der Waals surface area contributed by atoms with Crippen LogP contribution in [0.2, 0.25) is 0 Å². The summed E-state index contributed by atoms with van der Waals surface area (Å²) in [7, 11) is -1.63. The lowest BCUT2D eigenvalue weighted by Gasteiger charge is -2.08. The van der Waals surface area contributed by atoms with E-state index >= 15 is 0 Å². The molecule has 4 nitrogen and oxygen atoms in total. The zero-order chi connectivity index (χ0) is 13.1. The average molecular weight is 256 g/mol. The van der Waals surface area contributed by atoms with Crippen LogP contribution in [0.15, 0.2) is 18.2 Å². The molecule has 0 saturated carbocycles. The third kappa shape index (κ3) is 4.19. The summed E-state index contributed by atoms with van der Waals surface area (Å²) < 4.78 is 27.1. The van der Waals surface area contributed by atoms with E-state index in [9.17, 15) is 13.2 Å². The number of rotatable bonds is 5. The van der Waals surface area contributed by atoms with Gasteiger partial charge in [0, 0.05) is 12.7 Å². The Kier molecular flexibility index (Phi) is 4.28. The Bertz CT molecular complexity index is 517. The number of Topliss-reactive ketones (excluding diaryl/α,β-unsaturated/α-hetero) is 1. The van der Waals surface area contributed by atoms with E-state index in [2.05, 4.69) is 0 Å². The predicted molar refractivity (Wildman–Crippen MR) is 66.4 cm³/mol. The minimum absolute atomic E-state index is 0.0152. The SMILES string of the molecule is COc1ccc(C)cc1C(=O)CCS(C)(=O)=O. The van der Waals surface area contributed by atoms with E-state index in [-0.39, 0.29) is 18.0 Å². The molecule has 0 saturated heterocycles.